The van der Waals surface area contributed by atoms with Crippen molar-refractivity contribution in [1.29, 1.82) is 0 Å². The largest absolute Gasteiger partial charge is 0.333 e. The fraction of sp³-hybridized carbons (Fsp3) is 0.118. The number of aromatic nitrogens is 2. The van der Waals surface area contributed by atoms with Crippen LogP contribution in [0.2, 0.25) is 10.0 Å². The van der Waals surface area contributed by atoms with Crippen LogP contribution in [0.25, 0.3) is 0 Å². The lowest BCUT2D eigenvalue weighted by Gasteiger charge is -2.17. The van der Waals surface area contributed by atoms with E-state index in [1.807, 2.05) is 12.1 Å². The van der Waals surface area contributed by atoms with Gasteiger partial charge in [-0.15, -0.1) is 0 Å². The lowest BCUT2D eigenvalue weighted by Crippen LogP contribution is -2.17. The molecule has 0 saturated carbocycles. The van der Waals surface area contributed by atoms with Crippen molar-refractivity contribution in [3.63, 3.8) is 0 Å². The number of hydrogen-bond donors (Lipinski definition) is 0. The average Bonchev–Trinajstić information content (AvgIpc) is 3.03. The van der Waals surface area contributed by atoms with Gasteiger partial charge in [0.05, 0.1) is 11.3 Å². The predicted molar refractivity (Wildman–Crippen MR) is 86.0 cm³/mol. The third-order valence-corrected chi connectivity index (χ3v) is 4.56. The van der Waals surface area contributed by atoms with Gasteiger partial charge >= 0.3 is 0 Å². The molecule has 3 aromatic rings. The molecule has 4 rings (SSSR count). The Kier molecular flexibility index (Phi) is 3.41. The fourth-order valence-corrected chi connectivity index (χ4v) is 3.34. The summed E-state index contributed by atoms with van der Waals surface area (Å²) in [6, 6.07) is 11.8. The summed E-state index contributed by atoms with van der Waals surface area (Å²) in [5.74, 6) is -0.407. The number of halogens is 3. The molecular weight excluding hydrogens is 338 g/mol. The van der Waals surface area contributed by atoms with Gasteiger partial charge in [-0.2, -0.15) is 0 Å². The molecule has 2 heterocycles. The Labute approximate surface area is 142 Å². The maximum Gasteiger partial charge on any atom is 0.174 e. The molecule has 3 nitrogen and oxygen atoms in total. The van der Waals surface area contributed by atoms with E-state index < -0.39 is 17.6 Å². The molecule has 23 heavy (non-hydrogen) atoms. The van der Waals surface area contributed by atoms with Crippen LogP contribution in [-0.2, 0) is 10.3 Å². The third kappa shape index (κ3) is 2.26. The minimum absolute atomic E-state index is 0.322. The van der Waals surface area contributed by atoms with Crippen LogP contribution in [0, 0.1) is 5.82 Å². The summed E-state index contributed by atoms with van der Waals surface area (Å²) < 4.78 is 22.3. The molecule has 0 radical (unpaired) electrons. The highest BCUT2D eigenvalue weighted by Gasteiger charge is 2.62. The Morgan fingerprint density at radius 2 is 1.91 bits per heavy atom. The van der Waals surface area contributed by atoms with Gasteiger partial charge in [0.25, 0.3) is 0 Å². The average molecular weight is 349 g/mol. The van der Waals surface area contributed by atoms with Crippen LogP contribution in [0.4, 0.5) is 4.39 Å². The number of imidazole rings is 1. The van der Waals surface area contributed by atoms with Gasteiger partial charge in [0, 0.05) is 23.0 Å². The van der Waals surface area contributed by atoms with Crippen LogP contribution < -0.4 is 0 Å². The molecule has 0 aliphatic carbocycles. The first-order valence-corrected chi connectivity index (χ1v) is 7.74. The molecule has 1 aliphatic heterocycles. The highest BCUT2D eigenvalue weighted by atomic mass is 35.5. The normalized spacial score (nSPS) is 23.0. The molecule has 2 aromatic carbocycles. The van der Waals surface area contributed by atoms with E-state index in [4.69, 9.17) is 27.9 Å². The molecule has 1 fully saturated rings. The molecular formula is C17H11Cl2FN2O. The van der Waals surface area contributed by atoms with Gasteiger partial charge in [-0.1, -0.05) is 41.4 Å². The number of nitrogens with zero attached hydrogens (tertiary/aromatic N) is 2. The van der Waals surface area contributed by atoms with Crippen molar-refractivity contribution in [1.82, 2.24) is 9.55 Å². The summed E-state index contributed by atoms with van der Waals surface area (Å²) in [7, 11) is 0. The summed E-state index contributed by atoms with van der Waals surface area (Å²) >= 11 is 12.3. The SMILES string of the molecule is Fc1cccc(Cl)c1C1(c2ccc(Cl)cc2)OC1n1ccnc1. The van der Waals surface area contributed by atoms with Gasteiger partial charge in [-0.05, 0) is 29.8 Å². The van der Waals surface area contributed by atoms with Crippen LogP contribution >= 0.6 is 23.2 Å². The van der Waals surface area contributed by atoms with E-state index in [9.17, 15) is 4.39 Å². The van der Waals surface area contributed by atoms with Gasteiger partial charge in [0.2, 0.25) is 0 Å². The standard InChI is InChI=1S/C17H11Cl2FN2O/c18-12-6-4-11(5-7-12)17(15-13(19)2-1-3-14(15)20)16(23-17)22-9-8-21-10-22/h1-10,16H. The lowest BCUT2D eigenvalue weighted by molar-refractivity contribution is 0.300. The molecule has 2 unspecified atom stereocenters. The zero-order chi connectivity index (χ0) is 16.0. The molecule has 116 valence electrons. The minimum atomic E-state index is -0.992. The van der Waals surface area contributed by atoms with E-state index in [0.29, 0.717) is 15.6 Å². The summed E-state index contributed by atoms with van der Waals surface area (Å²) in [6.45, 7) is 0. The Morgan fingerprint density at radius 1 is 1.13 bits per heavy atom. The van der Waals surface area contributed by atoms with Gasteiger partial charge in [-0.3, -0.25) is 0 Å². The molecule has 0 amide bonds. The summed E-state index contributed by atoms with van der Waals surface area (Å²) in [6.07, 6.45) is 4.64. The van der Waals surface area contributed by atoms with Crippen molar-refractivity contribution < 1.29 is 9.13 Å². The van der Waals surface area contributed by atoms with Crippen LogP contribution in [-0.4, -0.2) is 9.55 Å². The number of rotatable bonds is 3. The maximum absolute atomic E-state index is 14.6. The number of ether oxygens (including phenoxy) is 1. The Hall–Kier alpha value is -1.88. The Bertz CT molecular complexity index is 831. The molecule has 2 atom stereocenters. The van der Waals surface area contributed by atoms with Crippen LogP contribution in [0.3, 0.4) is 0 Å². The zero-order valence-electron chi connectivity index (χ0n) is 11.8. The van der Waals surface area contributed by atoms with Gasteiger partial charge in [0.1, 0.15) is 5.82 Å². The predicted octanol–water partition coefficient (Wildman–Crippen LogP) is 4.80. The van der Waals surface area contributed by atoms with Crippen LogP contribution in [0.1, 0.15) is 17.4 Å². The second-order valence-corrected chi connectivity index (χ2v) is 6.16. The molecule has 1 aromatic heterocycles. The van der Waals surface area contributed by atoms with Crippen molar-refractivity contribution in [2.75, 3.05) is 0 Å². The highest BCUT2D eigenvalue weighted by Crippen LogP contribution is 2.60. The Morgan fingerprint density at radius 3 is 2.57 bits per heavy atom. The number of benzene rings is 2. The quantitative estimate of drug-likeness (QED) is 0.636. The third-order valence-electron chi connectivity index (χ3n) is 3.99. The first-order chi connectivity index (χ1) is 11.1. The Balaban J connectivity index is 1.91. The molecule has 0 N–H and O–H groups in total. The molecule has 1 saturated heterocycles. The van der Waals surface area contributed by atoms with E-state index in [2.05, 4.69) is 4.98 Å². The van der Waals surface area contributed by atoms with Crippen molar-refractivity contribution in [2.45, 2.75) is 11.8 Å². The first kappa shape index (κ1) is 14.7. The number of epoxide rings is 1. The lowest BCUT2D eigenvalue weighted by atomic mass is 9.89. The van der Waals surface area contributed by atoms with Crippen LogP contribution in [0.5, 0.6) is 0 Å². The van der Waals surface area contributed by atoms with E-state index in [-0.39, 0.29) is 0 Å². The number of hydrogen-bond acceptors (Lipinski definition) is 2. The van der Waals surface area contributed by atoms with Crippen molar-refractivity contribution in [3.8, 4) is 0 Å². The van der Waals surface area contributed by atoms with Gasteiger partial charge in [-0.25, -0.2) is 9.37 Å². The minimum Gasteiger partial charge on any atom is -0.333 e. The topological polar surface area (TPSA) is 30.4 Å². The molecule has 0 spiro atoms. The second kappa shape index (κ2) is 5.34. The van der Waals surface area contributed by atoms with Crippen molar-refractivity contribution in [3.05, 3.63) is 88.2 Å². The van der Waals surface area contributed by atoms with E-state index >= 15 is 0 Å². The second-order valence-electron chi connectivity index (χ2n) is 5.32. The van der Waals surface area contributed by atoms with E-state index in [1.54, 1.807) is 47.6 Å². The van der Waals surface area contributed by atoms with Gasteiger partial charge < -0.3 is 9.30 Å². The molecule has 1 aliphatic rings. The maximum atomic E-state index is 14.6. The fourth-order valence-electron chi connectivity index (χ4n) is 2.91. The summed E-state index contributed by atoms with van der Waals surface area (Å²) in [4.78, 5) is 4.03. The molecule has 0 bridgehead atoms. The van der Waals surface area contributed by atoms with Crippen molar-refractivity contribution in [2.24, 2.45) is 0 Å². The smallest absolute Gasteiger partial charge is 0.174 e. The zero-order valence-corrected chi connectivity index (χ0v) is 13.3. The summed E-state index contributed by atoms with van der Waals surface area (Å²) in [5.41, 5.74) is 0.114. The van der Waals surface area contributed by atoms with Gasteiger partial charge in [0.15, 0.2) is 11.8 Å². The molecule has 6 heteroatoms. The van der Waals surface area contributed by atoms with Crippen LogP contribution in [0.15, 0.2) is 61.2 Å². The van der Waals surface area contributed by atoms with Crippen molar-refractivity contribution >= 4 is 23.2 Å². The van der Waals surface area contributed by atoms with E-state index in [1.165, 1.54) is 6.07 Å². The first-order valence-electron chi connectivity index (χ1n) is 6.99. The summed E-state index contributed by atoms with van der Waals surface area (Å²) in [5, 5.41) is 0.922. The monoisotopic (exact) mass is 348 g/mol. The highest BCUT2D eigenvalue weighted by molar-refractivity contribution is 6.31. The van der Waals surface area contributed by atoms with E-state index in [0.717, 1.165) is 5.56 Å².